The summed E-state index contributed by atoms with van der Waals surface area (Å²) in [6, 6.07) is -0.338. The molecule has 1 amide bonds. The van der Waals surface area contributed by atoms with Gasteiger partial charge in [0.05, 0.1) is 6.04 Å². The summed E-state index contributed by atoms with van der Waals surface area (Å²) in [6.45, 7) is 7.19. The number of hydrogen-bond acceptors (Lipinski definition) is 3. The Morgan fingerprint density at radius 1 is 0.957 bits per heavy atom. The van der Waals surface area contributed by atoms with Gasteiger partial charge in [-0.05, 0) is 25.3 Å². The minimum absolute atomic E-state index is 0.338. The monoisotopic (exact) mass is 324 g/mol. The van der Waals surface area contributed by atoms with E-state index < -0.39 is 0 Å². The van der Waals surface area contributed by atoms with Crippen molar-refractivity contribution in [2.24, 2.45) is 10.9 Å². The Morgan fingerprint density at radius 3 is 1.96 bits per heavy atom. The van der Waals surface area contributed by atoms with E-state index in [4.69, 9.17) is 0 Å². The fourth-order valence-electron chi connectivity index (χ4n) is 2.75. The van der Waals surface area contributed by atoms with E-state index in [0.717, 1.165) is 13.0 Å². The Balaban J connectivity index is 3.62. The van der Waals surface area contributed by atoms with E-state index in [1.165, 1.54) is 63.9 Å². The summed E-state index contributed by atoms with van der Waals surface area (Å²) in [5, 5.41) is 3.24. The largest absolute Gasteiger partial charge is 0.306 e. The number of carbonyl (C=O) groups is 1. The second-order valence-electron chi connectivity index (χ2n) is 6.86. The molecule has 1 N–H and O–H groups in total. The van der Waals surface area contributed by atoms with Gasteiger partial charge in [-0.15, -0.1) is 4.99 Å². The second kappa shape index (κ2) is 15.9. The molecule has 0 saturated carbocycles. The van der Waals surface area contributed by atoms with Gasteiger partial charge in [0.1, 0.15) is 0 Å². The van der Waals surface area contributed by atoms with Crippen molar-refractivity contribution in [3.8, 4) is 0 Å². The molecular formula is C19H36N2O2. The maximum atomic E-state index is 11.7. The Kier molecular flexibility index (Phi) is 15.2. The molecule has 4 heteroatoms. The third-order valence-electron chi connectivity index (χ3n) is 4.08. The third-order valence-corrected chi connectivity index (χ3v) is 4.08. The molecule has 0 aliphatic heterocycles. The Labute approximate surface area is 142 Å². The quantitative estimate of drug-likeness (QED) is 0.268. The van der Waals surface area contributed by atoms with Crippen molar-refractivity contribution in [1.82, 2.24) is 5.32 Å². The predicted octanol–water partition coefficient (Wildman–Crippen LogP) is 4.77. The smallest absolute Gasteiger partial charge is 0.273 e. The van der Waals surface area contributed by atoms with Crippen LogP contribution in [0.4, 0.5) is 0 Å². The van der Waals surface area contributed by atoms with Crippen molar-refractivity contribution >= 4 is 12.0 Å². The summed E-state index contributed by atoms with van der Waals surface area (Å²) in [5.41, 5.74) is 0. The lowest BCUT2D eigenvalue weighted by Crippen LogP contribution is -2.37. The van der Waals surface area contributed by atoms with E-state index in [2.05, 4.69) is 31.1 Å². The number of nitrogens with zero attached hydrogens (tertiary/aromatic N) is 1. The summed E-state index contributed by atoms with van der Waals surface area (Å²) in [7, 11) is 0. The molecule has 0 aromatic rings. The molecule has 0 fully saturated rings. The van der Waals surface area contributed by atoms with Crippen molar-refractivity contribution in [2.75, 3.05) is 6.54 Å². The fourth-order valence-corrected chi connectivity index (χ4v) is 2.75. The highest BCUT2D eigenvalue weighted by molar-refractivity contribution is 5.86. The minimum atomic E-state index is -0.388. The molecule has 0 heterocycles. The molecule has 1 unspecified atom stereocenters. The molecule has 0 radical (unpaired) electrons. The first-order valence-corrected chi connectivity index (χ1v) is 9.46. The number of unbranched alkanes of at least 4 members (excludes halogenated alkanes) is 9. The number of hydrogen-bond donors (Lipinski definition) is 1. The standard InChI is InChI=1S/C19H36N2O2/c1-4-5-6-7-8-9-10-11-12-13-14-20-18(15-17(2)3)19(23)21-16-22/h17-18,20H,4-15H2,1-3H3. The summed E-state index contributed by atoms with van der Waals surface area (Å²) in [5.74, 6) is 0.00629. The fraction of sp³-hybridized carbons (Fsp3) is 0.895. The molecule has 0 spiro atoms. The highest BCUT2D eigenvalue weighted by atomic mass is 16.2. The maximum Gasteiger partial charge on any atom is 0.273 e. The summed E-state index contributed by atoms with van der Waals surface area (Å²) in [4.78, 5) is 25.2. The molecule has 0 bridgehead atoms. The number of amides is 1. The molecule has 0 saturated heterocycles. The van der Waals surface area contributed by atoms with Gasteiger partial charge in [0.15, 0.2) is 0 Å². The minimum Gasteiger partial charge on any atom is -0.306 e. The lowest BCUT2D eigenvalue weighted by Gasteiger charge is -2.16. The van der Waals surface area contributed by atoms with Crippen LogP contribution in [0.3, 0.4) is 0 Å². The van der Waals surface area contributed by atoms with E-state index in [1.807, 2.05) is 0 Å². The zero-order chi connectivity index (χ0) is 17.3. The zero-order valence-corrected chi connectivity index (χ0v) is 15.4. The first kappa shape index (κ1) is 22.0. The van der Waals surface area contributed by atoms with Gasteiger partial charge in [0, 0.05) is 0 Å². The van der Waals surface area contributed by atoms with Crippen LogP contribution in [-0.4, -0.2) is 24.6 Å². The van der Waals surface area contributed by atoms with E-state index in [0.29, 0.717) is 12.3 Å². The molecule has 0 aliphatic rings. The van der Waals surface area contributed by atoms with E-state index >= 15 is 0 Å². The maximum absolute atomic E-state index is 11.7. The molecule has 134 valence electrons. The SMILES string of the molecule is CCCCCCCCCCCCNC(CC(C)C)C(=O)N=C=O. The zero-order valence-electron chi connectivity index (χ0n) is 15.4. The molecule has 23 heavy (non-hydrogen) atoms. The van der Waals surface area contributed by atoms with Gasteiger partial charge in [-0.2, -0.15) is 0 Å². The number of rotatable bonds is 15. The Hall–Kier alpha value is -0.990. The van der Waals surface area contributed by atoms with Crippen LogP contribution >= 0.6 is 0 Å². The van der Waals surface area contributed by atoms with Crippen molar-refractivity contribution < 1.29 is 9.59 Å². The lowest BCUT2D eigenvalue weighted by atomic mass is 10.0. The van der Waals surface area contributed by atoms with Crippen molar-refractivity contribution in [3.05, 3.63) is 0 Å². The first-order valence-electron chi connectivity index (χ1n) is 9.46. The topological polar surface area (TPSA) is 58.5 Å². The van der Waals surface area contributed by atoms with Gasteiger partial charge in [-0.3, -0.25) is 4.79 Å². The lowest BCUT2D eigenvalue weighted by molar-refractivity contribution is -0.120. The first-order chi connectivity index (χ1) is 11.1. The Morgan fingerprint density at radius 2 is 1.48 bits per heavy atom. The molecule has 0 rings (SSSR count). The third kappa shape index (κ3) is 14.3. The van der Waals surface area contributed by atoms with Gasteiger partial charge in [0.25, 0.3) is 5.91 Å². The van der Waals surface area contributed by atoms with Gasteiger partial charge < -0.3 is 5.32 Å². The normalized spacial score (nSPS) is 12.2. The van der Waals surface area contributed by atoms with Crippen molar-refractivity contribution in [1.29, 1.82) is 0 Å². The number of isocyanates is 1. The van der Waals surface area contributed by atoms with Crippen molar-refractivity contribution in [3.63, 3.8) is 0 Å². The van der Waals surface area contributed by atoms with Gasteiger partial charge in [-0.25, -0.2) is 4.79 Å². The van der Waals surface area contributed by atoms with E-state index in [-0.39, 0.29) is 11.9 Å². The van der Waals surface area contributed by atoms with Crippen molar-refractivity contribution in [2.45, 2.75) is 97.4 Å². The summed E-state index contributed by atoms with van der Waals surface area (Å²) < 4.78 is 0. The molecule has 0 aliphatic carbocycles. The highest BCUT2D eigenvalue weighted by Gasteiger charge is 2.18. The number of carbonyl (C=O) groups excluding carboxylic acids is 2. The number of nitrogens with one attached hydrogen (secondary N) is 1. The molecule has 1 atom stereocenters. The van der Waals surface area contributed by atoms with Gasteiger partial charge >= 0.3 is 0 Å². The Bertz CT molecular complexity index is 336. The van der Waals surface area contributed by atoms with Crippen LogP contribution < -0.4 is 5.32 Å². The average molecular weight is 325 g/mol. The molecule has 0 aromatic heterocycles. The predicted molar refractivity (Wildman–Crippen MR) is 96.2 cm³/mol. The van der Waals surface area contributed by atoms with Gasteiger partial charge in [-0.1, -0.05) is 78.6 Å². The van der Waals surface area contributed by atoms with E-state index in [1.54, 1.807) is 0 Å². The highest BCUT2D eigenvalue weighted by Crippen LogP contribution is 2.11. The average Bonchev–Trinajstić information content (AvgIpc) is 2.51. The van der Waals surface area contributed by atoms with Crippen LogP contribution in [0.15, 0.2) is 4.99 Å². The van der Waals surface area contributed by atoms with Crippen LogP contribution in [-0.2, 0) is 9.59 Å². The second-order valence-corrected chi connectivity index (χ2v) is 6.86. The molecular weight excluding hydrogens is 288 g/mol. The molecule has 4 nitrogen and oxygen atoms in total. The van der Waals surface area contributed by atoms with Crippen LogP contribution in [0, 0.1) is 5.92 Å². The van der Waals surface area contributed by atoms with E-state index in [9.17, 15) is 9.59 Å². The van der Waals surface area contributed by atoms with Crippen LogP contribution in [0.1, 0.15) is 91.4 Å². The van der Waals surface area contributed by atoms with Crippen LogP contribution in [0.25, 0.3) is 0 Å². The van der Waals surface area contributed by atoms with Crippen LogP contribution in [0.2, 0.25) is 0 Å². The van der Waals surface area contributed by atoms with Gasteiger partial charge in [0.2, 0.25) is 6.08 Å². The number of aliphatic imine (C=N–C) groups is 1. The van der Waals surface area contributed by atoms with Crippen LogP contribution in [0.5, 0.6) is 0 Å². The summed E-state index contributed by atoms with van der Waals surface area (Å²) >= 11 is 0. The summed E-state index contributed by atoms with van der Waals surface area (Å²) in [6.07, 6.45) is 15.1. The molecule has 0 aromatic carbocycles.